The zero-order chi connectivity index (χ0) is 8.32. The molecule has 1 heterocycles. The van der Waals surface area contributed by atoms with E-state index < -0.39 is 5.60 Å². The lowest BCUT2D eigenvalue weighted by Gasteiger charge is -2.29. The van der Waals surface area contributed by atoms with Crippen LogP contribution in [0.2, 0.25) is 0 Å². The van der Waals surface area contributed by atoms with Crippen LogP contribution in [0.5, 0.6) is 0 Å². The number of nitrogens with zero attached hydrogens (tertiary/aromatic N) is 1. The lowest BCUT2D eigenvalue weighted by atomic mass is 9.84. The smallest absolute Gasteiger partial charge is 0.0683 e. The Labute approximate surface area is 67.7 Å². The Morgan fingerprint density at radius 3 is 2.91 bits per heavy atom. The van der Waals surface area contributed by atoms with E-state index in [1.54, 1.807) is 6.20 Å². The number of aliphatic hydroxyl groups is 1. The average Bonchev–Trinajstić information content (AvgIpc) is 2.06. The van der Waals surface area contributed by atoms with Crippen molar-refractivity contribution in [2.75, 3.05) is 0 Å². The quantitative estimate of drug-likeness (QED) is 0.644. The second-order valence-corrected chi connectivity index (χ2v) is 3.23. The van der Waals surface area contributed by atoms with Gasteiger partial charge in [-0.3, -0.25) is 4.99 Å². The molecule has 1 N–H and O–H groups in total. The Morgan fingerprint density at radius 1 is 1.73 bits per heavy atom. The third-order valence-corrected chi connectivity index (χ3v) is 2.38. The zero-order valence-corrected chi connectivity index (χ0v) is 7.12. The van der Waals surface area contributed by atoms with Crippen LogP contribution in [0.3, 0.4) is 0 Å². The van der Waals surface area contributed by atoms with Crippen molar-refractivity contribution in [1.29, 1.82) is 0 Å². The number of hydrogen-bond donors (Lipinski definition) is 1. The topological polar surface area (TPSA) is 32.6 Å². The van der Waals surface area contributed by atoms with E-state index in [2.05, 4.69) is 4.99 Å². The summed E-state index contributed by atoms with van der Waals surface area (Å²) >= 11 is 0. The van der Waals surface area contributed by atoms with E-state index >= 15 is 0 Å². The summed E-state index contributed by atoms with van der Waals surface area (Å²) < 4.78 is 0. The first kappa shape index (κ1) is 8.47. The van der Waals surface area contributed by atoms with Gasteiger partial charge in [0.15, 0.2) is 0 Å². The molecule has 0 saturated carbocycles. The van der Waals surface area contributed by atoms with Gasteiger partial charge in [0.1, 0.15) is 0 Å². The fraction of sp³-hybridized carbons (Fsp3) is 0.667. The SMILES string of the molecule is CCC(C)(O)C1C=CN=CC1. The minimum absolute atomic E-state index is 0.241. The van der Waals surface area contributed by atoms with Crippen LogP contribution in [-0.4, -0.2) is 16.9 Å². The highest BCUT2D eigenvalue weighted by atomic mass is 16.3. The molecule has 0 saturated heterocycles. The lowest BCUT2D eigenvalue weighted by molar-refractivity contribution is 0.0166. The molecule has 1 rings (SSSR count). The van der Waals surface area contributed by atoms with Crippen LogP contribution < -0.4 is 0 Å². The molecule has 2 heteroatoms. The van der Waals surface area contributed by atoms with Crippen molar-refractivity contribution >= 4 is 6.21 Å². The van der Waals surface area contributed by atoms with Gasteiger partial charge in [-0.2, -0.15) is 0 Å². The first-order valence-corrected chi connectivity index (χ1v) is 4.07. The monoisotopic (exact) mass is 153 g/mol. The van der Waals surface area contributed by atoms with Crippen molar-refractivity contribution < 1.29 is 5.11 Å². The van der Waals surface area contributed by atoms with E-state index in [1.165, 1.54) is 0 Å². The van der Waals surface area contributed by atoms with Gasteiger partial charge in [0, 0.05) is 18.3 Å². The van der Waals surface area contributed by atoms with E-state index in [9.17, 15) is 5.11 Å². The van der Waals surface area contributed by atoms with Crippen molar-refractivity contribution in [1.82, 2.24) is 0 Å². The maximum absolute atomic E-state index is 9.84. The summed E-state index contributed by atoms with van der Waals surface area (Å²) in [5, 5.41) is 9.84. The molecule has 0 spiro atoms. The molecule has 0 aliphatic carbocycles. The Hall–Kier alpha value is -0.630. The third kappa shape index (κ3) is 1.90. The predicted molar refractivity (Wildman–Crippen MR) is 46.7 cm³/mol. The van der Waals surface area contributed by atoms with Crippen LogP contribution in [0.4, 0.5) is 0 Å². The Morgan fingerprint density at radius 2 is 2.45 bits per heavy atom. The van der Waals surface area contributed by atoms with Crippen LogP contribution in [0.25, 0.3) is 0 Å². The van der Waals surface area contributed by atoms with Gasteiger partial charge in [0.05, 0.1) is 5.60 Å². The number of rotatable bonds is 2. The van der Waals surface area contributed by atoms with Gasteiger partial charge in [-0.15, -0.1) is 0 Å². The molecule has 62 valence electrons. The summed E-state index contributed by atoms with van der Waals surface area (Å²) in [6.45, 7) is 3.88. The first-order chi connectivity index (χ1) is 5.17. The Kier molecular flexibility index (Phi) is 2.45. The molecule has 0 aromatic rings. The van der Waals surface area contributed by atoms with Crippen LogP contribution in [0.1, 0.15) is 26.7 Å². The molecular formula is C9H15NO. The fourth-order valence-electron chi connectivity index (χ4n) is 1.19. The molecule has 11 heavy (non-hydrogen) atoms. The van der Waals surface area contributed by atoms with Gasteiger partial charge in [-0.1, -0.05) is 13.0 Å². The summed E-state index contributed by atoms with van der Waals surface area (Å²) in [6.07, 6.45) is 7.24. The van der Waals surface area contributed by atoms with Gasteiger partial charge < -0.3 is 5.11 Å². The van der Waals surface area contributed by atoms with Gasteiger partial charge in [0.2, 0.25) is 0 Å². The molecule has 0 aromatic heterocycles. The summed E-state index contributed by atoms with van der Waals surface area (Å²) in [7, 11) is 0. The third-order valence-electron chi connectivity index (χ3n) is 2.38. The molecule has 0 aromatic carbocycles. The van der Waals surface area contributed by atoms with Crippen molar-refractivity contribution in [3.8, 4) is 0 Å². The standard InChI is InChI=1S/C9H15NO/c1-3-9(2,11)8-4-6-10-7-5-8/h4,6-8,11H,3,5H2,1-2H3. The van der Waals surface area contributed by atoms with E-state index in [1.807, 2.05) is 26.1 Å². The largest absolute Gasteiger partial charge is 0.390 e. The van der Waals surface area contributed by atoms with Gasteiger partial charge in [-0.25, -0.2) is 0 Å². The van der Waals surface area contributed by atoms with Crippen LogP contribution in [0, 0.1) is 5.92 Å². The molecule has 2 nitrogen and oxygen atoms in total. The second kappa shape index (κ2) is 3.18. The van der Waals surface area contributed by atoms with E-state index in [0.29, 0.717) is 0 Å². The molecular weight excluding hydrogens is 138 g/mol. The summed E-state index contributed by atoms with van der Waals surface area (Å²) in [5.41, 5.74) is -0.567. The molecule has 2 atom stereocenters. The highest BCUT2D eigenvalue weighted by molar-refractivity contribution is 5.60. The number of hydrogen-bond acceptors (Lipinski definition) is 2. The molecule has 0 bridgehead atoms. The van der Waals surface area contributed by atoms with Crippen LogP contribution in [0.15, 0.2) is 17.3 Å². The highest BCUT2D eigenvalue weighted by Gasteiger charge is 2.27. The molecule has 0 radical (unpaired) electrons. The van der Waals surface area contributed by atoms with E-state index in [-0.39, 0.29) is 5.92 Å². The molecule has 2 unspecified atom stereocenters. The molecule has 0 amide bonds. The first-order valence-electron chi connectivity index (χ1n) is 4.07. The van der Waals surface area contributed by atoms with E-state index in [4.69, 9.17) is 0 Å². The maximum atomic E-state index is 9.84. The van der Waals surface area contributed by atoms with Crippen molar-refractivity contribution in [2.24, 2.45) is 10.9 Å². The summed E-state index contributed by atoms with van der Waals surface area (Å²) in [6, 6.07) is 0. The van der Waals surface area contributed by atoms with Crippen molar-refractivity contribution in [2.45, 2.75) is 32.3 Å². The summed E-state index contributed by atoms with van der Waals surface area (Å²) in [5.74, 6) is 0.241. The van der Waals surface area contributed by atoms with E-state index in [0.717, 1.165) is 12.8 Å². The second-order valence-electron chi connectivity index (χ2n) is 3.23. The average molecular weight is 153 g/mol. The highest BCUT2D eigenvalue weighted by Crippen LogP contribution is 2.25. The molecule has 1 aliphatic rings. The zero-order valence-electron chi connectivity index (χ0n) is 7.12. The van der Waals surface area contributed by atoms with Gasteiger partial charge in [0.25, 0.3) is 0 Å². The van der Waals surface area contributed by atoms with Crippen LogP contribution in [-0.2, 0) is 0 Å². The minimum atomic E-state index is -0.567. The summed E-state index contributed by atoms with van der Waals surface area (Å²) in [4.78, 5) is 3.96. The van der Waals surface area contributed by atoms with Gasteiger partial charge in [-0.05, 0) is 19.8 Å². The van der Waals surface area contributed by atoms with Crippen LogP contribution >= 0.6 is 0 Å². The van der Waals surface area contributed by atoms with Gasteiger partial charge >= 0.3 is 0 Å². The van der Waals surface area contributed by atoms with Crippen molar-refractivity contribution in [3.05, 3.63) is 12.3 Å². The fourth-order valence-corrected chi connectivity index (χ4v) is 1.19. The molecule has 0 fully saturated rings. The normalized spacial score (nSPS) is 28.5. The predicted octanol–water partition coefficient (Wildman–Crippen LogP) is 1.75. The lowest BCUT2D eigenvalue weighted by Crippen LogP contribution is -2.33. The maximum Gasteiger partial charge on any atom is 0.0683 e. The Balaban J connectivity index is 2.61. The Bertz CT molecular complexity index is 182. The minimum Gasteiger partial charge on any atom is -0.390 e. The van der Waals surface area contributed by atoms with Crippen molar-refractivity contribution in [3.63, 3.8) is 0 Å². The molecule has 1 aliphatic heterocycles. The number of aliphatic imine (C=N–C) groups is 1.